The summed E-state index contributed by atoms with van der Waals surface area (Å²) in [6, 6.07) is 4.51. The van der Waals surface area contributed by atoms with E-state index in [0.29, 0.717) is 17.0 Å². The molecule has 0 bridgehead atoms. The molecule has 2 nitrogen and oxygen atoms in total. The van der Waals surface area contributed by atoms with Crippen LogP contribution < -0.4 is 0 Å². The number of nitrogens with zero attached hydrogens (tertiary/aromatic N) is 1. The van der Waals surface area contributed by atoms with Crippen molar-refractivity contribution in [1.29, 1.82) is 0 Å². The Hall–Kier alpha value is -0.930. The molecule has 112 valence electrons. The molecule has 0 aliphatic carbocycles. The van der Waals surface area contributed by atoms with E-state index in [4.69, 9.17) is 11.6 Å². The van der Waals surface area contributed by atoms with E-state index in [9.17, 15) is 9.18 Å². The maximum Gasteiger partial charge on any atom is 0.157 e. The quantitative estimate of drug-likeness (QED) is 0.755. The van der Waals surface area contributed by atoms with Crippen molar-refractivity contribution in [1.82, 2.24) is 4.90 Å². The number of hydrogen-bond donors (Lipinski definition) is 0. The van der Waals surface area contributed by atoms with Gasteiger partial charge >= 0.3 is 0 Å². The zero-order valence-corrected chi connectivity index (χ0v) is 13.4. The standard InChI is InChI=1S/C16H23ClFNO/c1-5-16(4,19(6-2)7-3)15(20)11-12-13(17)9-8-10-14(12)18/h8-10H,5-7,11H2,1-4H3. The van der Waals surface area contributed by atoms with Gasteiger partial charge in [0.15, 0.2) is 5.78 Å². The lowest BCUT2D eigenvalue weighted by Gasteiger charge is -2.38. The van der Waals surface area contributed by atoms with Crippen LogP contribution in [0.2, 0.25) is 5.02 Å². The topological polar surface area (TPSA) is 20.3 Å². The van der Waals surface area contributed by atoms with Crippen LogP contribution in [0.3, 0.4) is 0 Å². The van der Waals surface area contributed by atoms with Crippen molar-refractivity contribution >= 4 is 17.4 Å². The molecule has 0 fully saturated rings. The highest BCUT2D eigenvalue weighted by Crippen LogP contribution is 2.26. The smallest absolute Gasteiger partial charge is 0.157 e. The van der Waals surface area contributed by atoms with Crippen molar-refractivity contribution in [2.24, 2.45) is 0 Å². The lowest BCUT2D eigenvalue weighted by molar-refractivity contribution is -0.129. The average Bonchev–Trinajstić information content (AvgIpc) is 2.43. The van der Waals surface area contributed by atoms with Gasteiger partial charge in [-0.15, -0.1) is 0 Å². The van der Waals surface area contributed by atoms with E-state index >= 15 is 0 Å². The zero-order chi connectivity index (χ0) is 15.3. The number of hydrogen-bond acceptors (Lipinski definition) is 2. The second-order valence-corrected chi connectivity index (χ2v) is 5.51. The lowest BCUT2D eigenvalue weighted by atomic mass is 9.87. The molecule has 4 heteroatoms. The van der Waals surface area contributed by atoms with Crippen LogP contribution in [0.25, 0.3) is 0 Å². The summed E-state index contributed by atoms with van der Waals surface area (Å²) in [4.78, 5) is 14.8. The molecule has 1 atom stereocenters. The Balaban J connectivity index is 3.04. The van der Waals surface area contributed by atoms with Gasteiger partial charge < -0.3 is 0 Å². The van der Waals surface area contributed by atoms with Gasteiger partial charge in [-0.1, -0.05) is 38.4 Å². The first-order valence-electron chi connectivity index (χ1n) is 7.11. The molecule has 0 aromatic heterocycles. The van der Waals surface area contributed by atoms with Gasteiger partial charge in [0, 0.05) is 17.0 Å². The molecule has 20 heavy (non-hydrogen) atoms. The second-order valence-electron chi connectivity index (χ2n) is 5.10. The molecule has 0 radical (unpaired) electrons. The predicted molar refractivity (Wildman–Crippen MR) is 81.7 cm³/mol. The number of Topliss-reactive ketones (excluding diaryl/α,β-unsaturated/α-hetero) is 1. The molecule has 0 N–H and O–H groups in total. The second kappa shape index (κ2) is 7.19. The molecular weight excluding hydrogens is 277 g/mol. The minimum absolute atomic E-state index is 0.00991. The monoisotopic (exact) mass is 299 g/mol. The SMILES string of the molecule is CCN(CC)C(C)(CC)C(=O)Cc1c(F)cccc1Cl. The van der Waals surface area contributed by atoms with Crippen molar-refractivity contribution in [3.05, 3.63) is 34.6 Å². The van der Waals surface area contributed by atoms with Crippen LogP contribution in [0, 0.1) is 5.82 Å². The molecule has 1 aromatic rings. The summed E-state index contributed by atoms with van der Waals surface area (Å²) in [6.07, 6.45) is 0.728. The molecule has 0 heterocycles. The summed E-state index contributed by atoms with van der Waals surface area (Å²) in [5.41, 5.74) is -0.277. The van der Waals surface area contributed by atoms with Gasteiger partial charge in [-0.25, -0.2) is 4.39 Å². The number of likely N-dealkylation sites (N-methyl/N-ethyl adjacent to an activating group) is 1. The van der Waals surface area contributed by atoms with Crippen LogP contribution in [0.15, 0.2) is 18.2 Å². The van der Waals surface area contributed by atoms with Crippen molar-refractivity contribution in [3.63, 3.8) is 0 Å². The van der Waals surface area contributed by atoms with Gasteiger partial charge in [-0.3, -0.25) is 9.69 Å². The highest BCUT2D eigenvalue weighted by atomic mass is 35.5. The van der Waals surface area contributed by atoms with E-state index in [1.807, 2.05) is 27.7 Å². The van der Waals surface area contributed by atoms with Gasteiger partial charge in [0.1, 0.15) is 5.82 Å². The molecule has 0 amide bonds. The first-order chi connectivity index (χ1) is 9.40. The summed E-state index contributed by atoms with van der Waals surface area (Å²) < 4.78 is 13.8. The molecular formula is C16H23ClFNO. The molecule has 0 aliphatic rings. The number of halogens is 2. The highest BCUT2D eigenvalue weighted by Gasteiger charge is 2.36. The minimum Gasteiger partial charge on any atom is -0.297 e. The molecule has 0 spiro atoms. The van der Waals surface area contributed by atoms with Crippen LogP contribution in [0.4, 0.5) is 4.39 Å². The van der Waals surface area contributed by atoms with Gasteiger partial charge in [-0.2, -0.15) is 0 Å². The van der Waals surface area contributed by atoms with Crippen molar-refractivity contribution in [2.75, 3.05) is 13.1 Å². The first kappa shape index (κ1) is 17.1. The normalized spacial score (nSPS) is 14.3. The molecule has 0 saturated heterocycles. The van der Waals surface area contributed by atoms with E-state index in [-0.39, 0.29) is 12.2 Å². The van der Waals surface area contributed by atoms with E-state index in [1.165, 1.54) is 6.07 Å². The summed E-state index contributed by atoms with van der Waals surface area (Å²) in [5.74, 6) is -0.403. The van der Waals surface area contributed by atoms with Crippen molar-refractivity contribution < 1.29 is 9.18 Å². The van der Waals surface area contributed by atoms with E-state index in [2.05, 4.69) is 4.90 Å². The van der Waals surface area contributed by atoms with Gasteiger partial charge in [0.05, 0.1) is 5.54 Å². The van der Waals surface area contributed by atoms with E-state index in [0.717, 1.165) is 13.1 Å². The summed E-state index contributed by atoms with van der Waals surface area (Å²) >= 11 is 6.01. The maximum atomic E-state index is 13.8. The Kier molecular flexibility index (Phi) is 6.15. The van der Waals surface area contributed by atoms with Crippen molar-refractivity contribution in [2.45, 2.75) is 46.1 Å². The highest BCUT2D eigenvalue weighted by molar-refractivity contribution is 6.31. The van der Waals surface area contributed by atoms with E-state index in [1.54, 1.807) is 12.1 Å². The van der Waals surface area contributed by atoms with E-state index < -0.39 is 11.4 Å². The van der Waals surface area contributed by atoms with Crippen molar-refractivity contribution in [3.8, 4) is 0 Å². The predicted octanol–water partition coefficient (Wildman–Crippen LogP) is 4.10. The number of ketones is 1. The Bertz CT molecular complexity index is 453. The largest absolute Gasteiger partial charge is 0.297 e. The third-order valence-corrected chi connectivity index (χ3v) is 4.50. The molecule has 1 unspecified atom stereocenters. The van der Waals surface area contributed by atoms with Gasteiger partial charge in [-0.05, 0) is 38.6 Å². The summed E-state index contributed by atoms with van der Waals surface area (Å²) in [6.45, 7) is 9.55. The zero-order valence-electron chi connectivity index (χ0n) is 12.7. The third-order valence-electron chi connectivity index (χ3n) is 4.15. The van der Waals surface area contributed by atoms with Gasteiger partial charge in [0.25, 0.3) is 0 Å². The number of carbonyl (C=O) groups excluding carboxylic acids is 1. The number of rotatable bonds is 7. The summed E-state index contributed by atoms with van der Waals surface area (Å²) in [7, 11) is 0. The number of benzene rings is 1. The Morgan fingerprint density at radius 1 is 1.30 bits per heavy atom. The maximum absolute atomic E-state index is 13.8. The summed E-state index contributed by atoms with van der Waals surface area (Å²) in [5, 5.41) is 0.316. The Morgan fingerprint density at radius 2 is 1.90 bits per heavy atom. The minimum atomic E-state index is -0.574. The fraction of sp³-hybridized carbons (Fsp3) is 0.562. The number of carbonyl (C=O) groups is 1. The molecule has 1 aromatic carbocycles. The van der Waals surface area contributed by atoms with Crippen LogP contribution in [0.5, 0.6) is 0 Å². The fourth-order valence-corrected chi connectivity index (χ4v) is 2.80. The molecule has 0 aliphatic heterocycles. The molecule has 0 saturated carbocycles. The average molecular weight is 300 g/mol. The fourth-order valence-electron chi connectivity index (χ4n) is 2.57. The Morgan fingerprint density at radius 3 is 2.35 bits per heavy atom. The van der Waals surface area contributed by atoms with Crippen LogP contribution in [0.1, 0.15) is 39.7 Å². The van der Waals surface area contributed by atoms with Crippen LogP contribution in [-0.4, -0.2) is 29.3 Å². The first-order valence-corrected chi connectivity index (χ1v) is 7.49. The van der Waals surface area contributed by atoms with Gasteiger partial charge in [0.2, 0.25) is 0 Å². The lowest BCUT2D eigenvalue weighted by Crippen LogP contribution is -2.52. The van der Waals surface area contributed by atoms with Crippen LogP contribution >= 0.6 is 11.6 Å². The molecule has 1 rings (SSSR count). The Labute approximate surface area is 125 Å². The third kappa shape index (κ3) is 3.39. The van der Waals surface area contributed by atoms with Crippen LogP contribution in [-0.2, 0) is 11.2 Å².